The average Bonchev–Trinajstić information content (AvgIpc) is 2.90. The fourth-order valence-electron chi connectivity index (χ4n) is 1.76. The maximum atomic E-state index is 12.4. The summed E-state index contributed by atoms with van der Waals surface area (Å²) in [6.45, 7) is 0.422. The van der Waals surface area contributed by atoms with Gasteiger partial charge in [-0.3, -0.25) is 4.79 Å². The highest BCUT2D eigenvalue weighted by atomic mass is 79.9. The predicted octanol–water partition coefficient (Wildman–Crippen LogP) is 3.32. The molecule has 0 aliphatic carbocycles. The lowest BCUT2D eigenvalue weighted by molar-refractivity contribution is 0.0772. The van der Waals surface area contributed by atoms with Gasteiger partial charge in [-0.1, -0.05) is 15.9 Å². The summed E-state index contributed by atoms with van der Waals surface area (Å²) in [4.78, 5) is 13.9. The Morgan fingerprint density at radius 1 is 1.42 bits per heavy atom. The van der Waals surface area contributed by atoms with Crippen LogP contribution in [0.1, 0.15) is 16.1 Å². The number of hydrogen-bond acceptors (Lipinski definition) is 3. The van der Waals surface area contributed by atoms with E-state index in [0.29, 0.717) is 17.9 Å². The van der Waals surface area contributed by atoms with E-state index in [-0.39, 0.29) is 5.91 Å². The number of halogens is 1. The molecule has 100 valence electrons. The van der Waals surface area contributed by atoms with Crippen molar-refractivity contribution >= 4 is 21.8 Å². The number of furan rings is 1. The summed E-state index contributed by atoms with van der Waals surface area (Å²) >= 11 is 3.35. The third-order valence-electron chi connectivity index (χ3n) is 2.71. The molecule has 1 aromatic carbocycles. The van der Waals surface area contributed by atoms with E-state index in [9.17, 15) is 4.79 Å². The molecule has 19 heavy (non-hydrogen) atoms. The lowest BCUT2D eigenvalue weighted by atomic mass is 10.1. The molecule has 2 aromatic rings. The summed E-state index contributed by atoms with van der Waals surface area (Å²) in [5, 5.41) is 0. The first-order chi connectivity index (χ1) is 9.11. The van der Waals surface area contributed by atoms with Gasteiger partial charge in [0.25, 0.3) is 5.91 Å². The van der Waals surface area contributed by atoms with Gasteiger partial charge in [-0.15, -0.1) is 0 Å². The number of methoxy groups -OCH3 is 1. The maximum Gasteiger partial charge on any atom is 0.257 e. The highest BCUT2D eigenvalue weighted by Crippen LogP contribution is 2.24. The molecule has 2 rings (SSSR count). The van der Waals surface area contributed by atoms with Gasteiger partial charge < -0.3 is 14.1 Å². The predicted molar refractivity (Wildman–Crippen MR) is 75.2 cm³/mol. The van der Waals surface area contributed by atoms with Crippen LogP contribution in [-0.4, -0.2) is 25.0 Å². The van der Waals surface area contributed by atoms with E-state index < -0.39 is 0 Å². The van der Waals surface area contributed by atoms with E-state index >= 15 is 0 Å². The van der Waals surface area contributed by atoms with E-state index in [4.69, 9.17) is 9.15 Å². The summed E-state index contributed by atoms with van der Waals surface area (Å²) in [5.41, 5.74) is 0.528. The number of hydrogen-bond donors (Lipinski definition) is 0. The third kappa shape index (κ3) is 3.17. The van der Waals surface area contributed by atoms with Crippen LogP contribution in [0.3, 0.4) is 0 Å². The van der Waals surface area contributed by atoms with Crippen molar-refractivity contribution in [3.05, 3.63) is 52.4 Å². The van der Waals surface area contributed by atoms with E-state index in [1.807, 2.05) is 12.1 Å². The molecule has 0 bridgehead atoms. The van der Waals surface area contributed by atoms with Gasteiger partial charge in [0.1, 0.15) is 11.5 Å². The maximum absolute atomic E-state index is 12.4. The van der Waals surface area contributed by atoms with Crippen molar-refractivity contribution in [3.8, 4) is 5.75 Å². The van der Waals surface area contributed by atoms with Crippen molar-refractivity contribution in [1.29, 1.82) is 0 Å². The second-order valence-electron chi connectivity index (χ2n) is 4.09. The molecule has 0 aliphatic rings. The molecule has 1 amide bonds. The fraction of sp³-hybridized carbons (Fsp3) is 0.214. The summed E-state index contributed by atoms with van der Waals surface area (Å²) in [5.74, 6) is 1.18. The van der Waals surface area contributed by atoms with Crippen molar-refractivity contribution in [2.45, 2.75) is 6.54 Å². The summed E-state index contributed by atoms with van der Waals surface area (Å²) in [6.07, 6.45) is 1.59. The Hall–Kier alpha value is -1.75. The van der Waals surface area contributed by atoms with E-state index in [1.165, 1.54) is 0 Å². The molecule has 5 heteroatoms. The van der Waals surface area contributed by atoms with Crippen LogP contribution in [0.2, 0.25) is 0 Å². The smallest absolute Gasteiger partial charge is 0.257 e. The zero-order valence-electron chi connectivity index (χ0n) is 10.7. The molecule has 1 aromatic heterocycles. The van der Waals surface area contributed by atoms with Crippen LogP contribution in [-0.2, 0) is 6.54 Å². The van der Waals surface area contributed by atoms with Gasteiger partial charge in [0.15, 0.2) is 0 Å². The number of rotatable bonds is 4. The lowest BCUT2D eigenvalue weighted by Gasteiger charge is -2.17. The third-order valence-corrected chi connectivity index (χ3v) is 3.21. The Bertz CT molecular complexity index is 566. The molecular formula is C14H14BrNO3. The molecule has 0 radical (unpaired) electrons. The Labute approximate surface area is 120 Å². The van der Waals surface area contributed by atoms with Crippen LogP contribution < -0.4 is 4.74 Å². The zero-order valence-corrected chi connectivity index (χ0v) is 12.3. The molecule has 1 heterocycles. The largest absolute Gasteiger partial charge is 0.496 e. The number of amides is 1. The van der Waals surface area contributed by atoms with Gasteiger partial charge in [-0.05, 0) is 30.3 Å². The van der Waals surface area contributed by atoms with Crippen molar-refractivity contribution in [1.82, 2.24) is 4.90 Å². The Morgan fingerprint density at radius 3 is 2.84 bits per heavy atom. The molecule has 0 saturated carbocycles. The Morgan fingerprint density at radius 2 is 2.21 bits per heavy atom. The SMILES string of the molecule is COc1cc(Br)ccc1C(=O)N(C)Cc1ccco1. The van der Waals surface area contributed by atoms with E-state index in [2.05, 4.69) is 15.9 Å². The van der Waals surface area contributed by atoms with Gasteiger partial charge in [0.2, 0.25) is 0 Å². The average molecular weight is 324 g/mol. The topological polar surface area (TPSA) is 42.7 Å². The number of nitrogens with zero attached hydrogens (tertiary/aromatic N) is 1. The van der Waals surface area contributed by atoms with Crippen LogP contribution in [0, 0.1) is 0 Å². The van der Waals surface area contributed by atoms with Crippen molar-refractivity contribution in [2.75, 3.05) is 14.2 Å². The van der Waals surface area contributed by atoms with Gasteiger partial charge in [-0.2, -0.15) is 0 Å². The highest BCUT2D eigenvalue weighted by molar-refractivity contribution is 9.10. The molecular weight excluding hydrogens is 310 g/mol. The minimum atomic E-state index is -0.110. The molecule has 4 nitrogen and oxygen atoms in total. The number of benzene rings is 1. The van der Waals surface area contributed by atoms with Crippen molar-refractivity contribution in [2.24, 2.45) is 0 Å². The zero-order chi connectivity index (χ0) is 13.8. The summed E-state index contributed by atoms with van der Waals surface area (Å²) in [6, 6.07) is 8.96. The minimum absolute atomic E-state index is 0.110. The number of ether oxygens (including phenoxy) is 1. The lowest BCUT2D eigenvalue weighted by Crippen LogP contribution is -2.26. The molecule has 0 unspecified atom stereocenters. The van der Waals surface area contributed by atoms with Gasteiger partial charge in [-0.25, -0.2) is 0 Å². The quantitative estimate of drug-likeness (QED) is 0.866. The van der Waals surface area contributed by atoms with Crippen LogP contribution in [0.15, 0.2) is 45.5 Å². The first kappa shape index (κ1) is 13.7. The summed E-state index contributed by atoms with van der Waals surface area (Å²) < 4.78 is 11.3. The van der Waals surface area contributed by atoms with Gasteiger partial charge >= 0.3 is 0 Å². The monoisotopic (exact) mass is 323 g/mol. The number of carbonyl (C=O) groups excluding carboxylic acids is 1. The standard InChI is InChI=1S/C14H14BrNO3/c1-16(9-11-4-3-7-19-11)14(17)12-6-5-10(15)8-13(12)18-2/h3-8H,9H2,1-2H3. The van der Waals surface area contributed by atoms with E-state index in [1.54, 1.807) is 43.5 Å². The first-order valence-electron chi connectivity index (χ1n) is 5.73. The van der Waals surface area contributed by atoms with Gasteiger partial charge in [0.05, 0.1) is 25.5 Å². The molecule has 0 saturated heterocycles. The normalized spacial score (nSPS) is 10.3. The minimum Gasteiger partial charge on any atom is -0.496 e. The summed E-state index contributed by atoms with van der Waals surface area (Å²) in [7, 11) is 3.28. The second kappa shape index (κ2) is 5.93. The molecule has 0 N–H and O–H groups in total. The second-order valence-corrected chi connectivity index (χ2v) is 5.00. The van der Waals surface area contributed by atoms with Crippen LogP contribution in [0.5, 0.6) is 5.75 Å². The van der Waals surface area contributed by atoms with Crippen molar-refractivity contribution < 1.29 is 13.9 Å². The molecule has 0 fully saturated rings. The molecule has 0 aliphatic heterocycles. The first-order valence-corrected chi connectivity index (χ1v) is 6.52. The van der Waals surface area contributed by atoms with Gasteiger partial charge in [0, 0.05) is 11.5 Å². The Balaban J connectivity index is 2.19. The highest BCUT2D eigenvalue weighted by Gasteiger charge is 2.17. The molecule has 0 spiro atoms. The van der Waals surface area contributed by atoms with Crippen molar-refractivity contribution in [3.63, 3.8) is 0 Å². The van der Waals surface area contributed by atoms with Crippen LogP contribution >= 0.6 is 15.9 Å². The van der Waals surface area contributed by atoms with E-state index in [0.717, 1.165) is 10.2 Å². The fourth-order valence-corrected chi connectivity index (χ4v) is 2.10. The van der Waals surface area contributed by atoms with Crippen LogP contribution in [0.4, 0.5) is 0 Å². The Kier molecular flexibility index (Phi) is 4.27. The molecule has 0 atom stereocenters. The van der Waals surface area contributed by atoms with Crippen LogP contribution in [0.25, 0.3) is 0 Å². The number of carbonyl (C=O) groups is 1.